The Kier molecular flexibility index (Phi) is 47.0. The summed E-state index contributed by atoms with van der Waals surface area (Å²) in [5.74, 6) is -0.480. The minimum absolute atomic E-state index is 0.0692. The predicted octanol–water partition coefficient (Wildman–Crippen LogP) is 15.9. The fraction of sp³-hybridized carbons (Fsp3) is 0.889. The Morgan fingerprint density at radius 3 is 1.27 bits per heavy atom. The van der Waals surface area contributed by atoms with Crippen LogP contribution in [0, 0.1) is 0 Å². The lowest BCUT2D eigenvalue weighted by molar-refractivity contribution is -0.151. The van der Waals surface area contributed by atoms with Gasteiger partial charge in [-0.2, -0.15) is 0 Å². The van der Waals surface area contributed by atoms with E-state index in [1.807, 2.05) is 0 Å². The molecule has 1 amide bonds. The molecule has 0 aromatic carbocycles. The maximum Gasteiger partial charge on any atom is 0.306 e. The molecule has 0 aromatic rings. The van der Waals surface area contributed by atoms with Crippen molar-refractivity contribution in [2.75, 3.05) is 6.61 Å². The summed E-state index contributed by atoms with van der Waals surface area (Å²) in [6, 6.07) is -0.703. The molecule has 3 N–H and O–H groups in total. The van der Waals surface area contributed by atoms with Crippen molar-refractivity contribution >= 4 is 11.9 Å². The van der Waals surface area contributed by atoms with Crippen molar-refractivity contribution in [3.8, 4) is 0 Å². The molecule has 3 atom stereocenters. The topological polar surface area (TPSA) is 95.9 Å². The first-order valence-corrected chi connectivity index (χ1v) is 26.6. The lowest BCUT2D eigenvalue weighted by Gasteiger charge is -2.24. The second kappa shape index (κ2) is 48.4. The van der Waals surface area contributed by atoms with Crippen LogP contribution in [-0.4, -0.2) is 46.9 Å². The molecule has 0 radical (unpaired) electrons. The van der Waals surface area contributed by atoms with Gasteiger partial charge >= 0.3 is 5.97 Å². The number of unbranched alkanes of at least 4 members (excludes halogenated alkanes) is 33. The van der Waals surface area contributed by atoms with Crippen LogP contribution in [0.2, 0.25) is 0 Å². The molecule has 0 aliphatic carbocycles. The standard InChI is InChI=1S/C54H103NO5/c1-4-7-10-13-16-19-22-25-26-27-29-31-34-37-40-43-46-52(57)51(49-56)55-53(58)48-50(45-42-39-36-33-30-28-23-20-17-14-11-8-5-2)60-54(59)47-44-41-38-35-32-24-21-18-15-12-9-6-3/h17,20,23,28,50-52,56-57H,4-16,18-19,21-22,24-27,29-49H2,1-3H3,(H,55,58)/b20-17+,28-23+. The van der Waals surface area contributed by atoms with Gasteiger partial charge in [0.25, 0.3) is 0 Å². The third-order valence-corrected chi connectivity index (χ3v) is 12.3. The number of esters is 1. The first-order chi connectivity index (χ1) is 29.5. The van der Waals surface area contributed by atoms with Gasteiger partial charge in [-0.15, -0.1) is 0 Å². The highest BCUT2D eigenvalue weighted by Gasteiger charge is 2.24. The number of aliphatic hydroxyl groups is 2. The Labute approximate surface area is 373 Å². The van der Waals surface area contributed by atoms with Crippen LogP contribution in [0.3, 0.4) is 0 Å². The molecule has 0 saturated heterocycles. The van der Waals surface area contributed by atoms with Gasteiger partial charge in [0.2, 0.25) is 5.91 Å². The Morgan fingerprint density at radius 2 is 0.833 bits per heavy atom. The minimum atomic E-state index is -0.789. The molecule has 0 heterocycles. The van der Waals surface area contributed by atoms with Gasteiger partial charge < -0.3 is 20.3 Å². The van der Waals surface area contributed by atoms with Gasteiger partial charge in [-0.1, -0.05) is 244 Å². The van der Waals surface area contributed by atoms with Gasteiger partial charge in [0, 0.05) is 6.42 Å². The van der Waals surface area contributed by atoms with E-state index in [0.717, 1.165) is 70.6 Å². The largest absolute Gasteiger partial charge is 0.462 e. The number of amides is 1. The minimum Gasteiger partial charge on any atom is -0.462 e. The summed E-state index contributed by atoms with van der Waals surface area (Å²) >= 11 is 0. The van der Waals surface area contributed by atoms with Crippen LogP contribution in [-0.2, 0) is 14.3 Å². The number of hydrogen-bond acceptors (Lipinski definition) is 5. The fourth-order valence-electron chi connectivity index (χ4n) is 8.25. The van der Waals surface area contributed by atoms with E-state index < -0.39 is 18.2 Å². The quantitative estimate of drug-likeness (QED) is 0.0322. The number of allylic oxidation sites excluding steroid dienone is 4. The third kappa shape index (κ3) is 43.0. The summed E-state index contributed by atoms with van der Waals surface area (Å²) in [5, 5.41) is 23.8. The maximum atomic E-state index is 13.2. The van der Waals surface area contributed by atoms with E-state index in [1.165, 1.54) is 167 Å². The summed E-state index contributed by atoms with van der Waals surface area (Å²) in [6.07, 6.45) is 55.2. The number of hydrogen-bond donors (Lipinski definition) is 3. The van der Waals surface area contributed by atoms with Crippen LogP contribution in [0.15, 0.2) is 24.3 Å². The first-order valence-electron chi connectivity index (χ1n) is 26.6. The molecule has 0 rings (SSSR count). The van der Waals surface area contributed by atoms with Crippen molar-refractivity contribution in [3.05, 3.63) is 24.3 Å². The highest BCUT2D eigenvalue weighted by Crippen LogP contribution is 2.18. The number of carbonyl (C=O) groups excluding carboxylic acids is 2. The van der Waals surface area contributed by atoms with Gasteiger partial charge in [-0.05, 0) is 51.4 Å². The van der Waals surface area contributed by atoms with E-state index in [9.17, 15) is 19.8 Å². The zero-order valence-electron chi connectivity index (χ0n) is 40.4. The van der Waals surface area contributed by atoms with E-state index in [1.54, 1.807) is 0 Å². The molecule has 0 saturated carbocycles. The lowest BCUT2D eigenvalue weighted by atomic mass is 10.0. The van der Waals surface area contributed by atoms with E-state index >= 15 is 0 Å². The van der Waals surface area contributed by atoms with Crippen LogP contribution in [0.25, 0.3) is 0 Å². The second-order valence-electron chi connectivity index (χ2n) is 18.3. The van der Waals surface area contributed by atoms with E-state index in [2.05, 4.69) is 50.4 Å². The molecule has 6 nitrogen and oxygen atoms in total. The summed E-state index contributed by atoms with van der Waals surface area (Å²) in [5.41, 5.74) is 0. The molecule has 60 heavy (non-hydrogen) atoms. The van der Waals surface area contributed by atoms with Gasteiger partial charge in [0.05, 0.1) is 25.2 Å². The van der Waals surface area contributed by atoms with Gasteiger partial charge in [-0.25, -0.2) is 0 Å². The Balaban J connectivity index is 4.52. The van der Waals surface area contributed by atoms with Gasteiger partial charge in [-0.3, -0.25) is 9.59 Å². The number of rotatable bonds is 48. The molecule has 0 aliphatic rings. The summed E-state index contributed by atoms with van der Waals surface area (Å²) in [6.45, 7) is 6.47. The zero-order valence-corrected chi connectivity index (χ0v) is 40.4. The third-order valence-electron chi connectivity index (χ3n) is 12.3. The van der Waals surface area contributed by atoms with Crippen LogP contribution >= 0.6 is 0 Å². The lowest BCUT2D eigenvalue weighted by Crippen LogP contribution is -2.46. The van der Waals surface area contributed by atoms with Crippen molar-refractivity contribution in [2.45, 2.75) is 302 Å². The second-order valence-corrected chi connectivity index (χ2v) is 18.3. The first kappa shape index (κ1) is 58.3. The Morgan fingerprint density at radius 1 is 0.483 bits per heavy atom. The smallest absolute Gasteiger partial charge is 0.306 e. The Bertz CT molecular complexity index is 950. The molecule has 3 unspecified atom stereocenters. The maximum absolute atomic E-state index is 13.2. The number of nitrogens with one attached hydrogen (secondary N) is 1. The molecular weight excluding hydrogens is 743 g/mol. The summed E-state index contributed by atoms with van der Waals surface area (Å²) in [7, 11) is 0. The van der Waals surface area contributed by atoms with Crippen LogP contribution < -0.4 is 5.32 Å². The fourth-order valence-corrected chi connectivity index (χ4v) is 8.25. The van der Waals surface area contributed by atoms with Crippen LogP contribution in [0.1, 0.15) is 284 Å². The number of carbonyl (C=O) groups is 2. The highest BCUT2D eigenvalue weighted by molar-refractivity contribution is 5.77. The molecule has 0 fully saturated rings. The molecular formula is C54H103NO5. The molecule has 354 valence electrons. The van der Waals surface area contributed by atoms with E-state index in [4.69, 9.17) is 4.74 Å². The summed E-state index contributed by atoms with van der Waals surface area (Å²) < 4.78 is 5.92. The van der Waals surface area contributed by atoms with Gasteiger partial charge in [0.1, 0.15) is 6.10 Å². The zero-order chi connectivity index (χ0) is 43.8. The summed E-state index contributed by atoms with van der Waals surface area (Å²) in [4.78, 5) is 26.1. The van der Waals surface area contributed by atoms with Crippen molar-refractivity contribution in [3.63, 3.8) is 0 Å². The van der Waals surface area contributed by atoms with Crippen molar-refractivity contribution in [1.82, 2.24) is 5.32 Å². The normalized spacial score (nSPS) is 13.3. The van der Waals surface area contributed by atoms with Crippen molar-refractivity contribution < 1.29 is 24.5 Å². The molecule has 0 bridgehead atoms. The number of ether oxygens (including phenoxy) is 1. The molecule has 6 heteroatoms. The van der Waals surface area contributed by atoms with E-state index in [-0.39, 0.29) is 24.9 Å². The molecule has 0 aromatic heterocycles. The number of aliphatic hydroxyl groups excluding tert-OH is 2. The SMILES string of the molecule is CCCCC/C=C/C=C/CCCCCCC(CC(=O)NC(CO)C(O)CCCCCCCCCCCCCCCCCC)OC(=O)CCCCCCCCCCCCCC. The Hall–Kier alpha value is -1.66. The predicted molar refractivity (Wildman–Crippen MR) is 260 cm³/mol. The van der Waals surface area contributed by atoms with Crippen LogP contribution in [0.5, 0.6) is 0 Å². The van der Waals surface area contributed by atoms with Crippen LogP contribution in [0.4, 0.5) is 0 Å². The monoisotopic (exact) mass is 846 g/mol. The molecule has 0 spiro atoms. The average Bonchev–Trinajstić information content (AvgIpc) is 3.24. The van der Waals surface area contributed by atoms with Crippen molar-refractivity contribution in [1.29, 1.82) is 0 Å². The molecule has 0 aliphatic heterocycles. The highest BCUT2D eigenvalue weighted by atomic mass is 16.5. The van der Waals surface area contributed by atoms with E-state index in [0.29, 0.717) is 19.3 Å². The van der Waals surface area contributed by atoms with Gasteiger partial charge in [0.15, 0.2) is 0 Å². The van der Waals surface area contributed by atoms with Crippen molar-refractivity contribution in [2.24, 2.45) is 0 Å². The average molecular weight is 846 g/mol.